The molecular formula is C5H9FO2. The first kappa shape index (κ1) is 5.98. The molecule has 48 valence electrons. The molecule has 0 saturated carbocycles. The van der Waals surface area contributed by atoms with Gasteiger partial charge in [-0.05, 0) is 6.92 Å². The molecule has 1 fully saturated rings. The van der Waals surface area contributed by atoms with Gasteiger partial charge in [0, 0.05) is 0 Å². The maximum Gasteiger partial charge on any atom is 0.155 e. The molecule has 1 aliphatic rings. The number of rotatable bonds is 1. The van der Waals surface area contributed by atoms with Gasteiger partial charge in [-0.2, -0.15) is 0 Å². The van der Waals surface area contributed by atoms with Gasteiger partial charge in [-0.25, -0.2) is 4.39 Å². The summed E-state index contributed by atoms with van der Waals surface area (Å²) in [5.41, 5.74) is 0. The normalized spacial score (nSPS) is 38.2. The highest BCUT2D eigenvalue weighted by molar-refractivity contribution is 4.60. The molecule has 2 nitrogen and oxygen atoms in total. The standard InChI is InChI=1S/C5H9FO2/c1-4-7-3-5(2-6)8-4/h4-5H,2-3H2,1H3/t4-,5+/m1/s1. The minimum Gasteiger partial charge on any atom is -0.350 e. The maximum absolute atomic E-state index is 11.7. The van der Waals surface area contributed by atoms with E-state index in [-0.39, 0.29) is 12.4 Å². The van der Waals surface area contributed by atoms with E-state index >= 15 is 0 Å². The lowest BCUT2D eigenvalue weighted by Gasteiger charge is -2.00. The monoisotopic (exact) mass is 120 g/mol. The Balaban J connectivity index is 2.22. The second-order valence-corrected chi connectivity index (χ2v) is 1.81. The largest absolute Gasteiger partial charge is 0.350 e. The van der Waals surface area contributed by atoms with Gasteiger partial charge in [0.05, 0.1) is 6.61 Å². The summed E-state index contributed by atoms with van der Waals surface area (Å²) in [6.07, 6.45) is -0.527. The molecule has 0 aliphatic carbocycles. The van der Waals surface area contributed by atoms with Crippen molar-refractivity contribution in [3.8, 4) is 0 Å². The third kappa shape index (κ3) is 1.17. The molecule has 3 heteroatoms. The van der Waals surface area contributed by atoms with Gasteiger partial charge in [-0.1, -0.05) is 0 Å². The molecule has 2 atom stereocenters. The molecule has 0 aromatic carbocycles. The van der Waals surface area contributed by atoms with Crippen LogP contribution in [0.15, 0.2) is 0 Å². The van der Waals surface area contributed by atoms with Gasteiger partial charge in [-0.15, -0.1) is 0 Å². The first-order valence-corrected chi connectivity index (χ1v) is 2.66. The zero-order chi connectivity index (χ0) is 5.98. The first-order chi connectivity index (χ1) is 3.83. The second-order valence-electron chi connectivity index (χ2n) is 1.81. The van der Waals surface area contributed by atoms with E-state index in [0.29, 0.717) is 6.61 Å². The van der Waals surface area contributed by atoms with Gasteiger partial charge in [0.25, 0.3) is 0 Å². The molecular weight excluding hydrogens is 111 g/mol. The minimum atomic E-state index is -0.440. The molecule has 1 saturated heterocycles. The Kier molecular flexibility index (Phi) is 1.81. The van der Waals surface area contributed by atoms with Gasteiger partial charge in [0.15, 0.2) is 6.29 Å². The molecule has 1 heterocycles. The smallest absolute Gasteiger partial charge is 0.155 e. The van der Waals surface area contributed by atoms with Crippen LogP contribution in [0.3, 0.4) is 0 Å². The first-order valence-electron chi connectivity index (χ1n) is 2.66. The summed E-state index contributed by atoms with van der Waals surface area (Å²) in [6.45, 7) is 1.72. The van der Waals surface area contributed by atoms with E-state index in [1.54, 1.807) is 6.92 Å². The Morgan fingerprint density at radius 2 is 2.50 bits per heavy atom. The fourth-order valence-electron chi connectivity index (χ4n) is 0.673. The molecule has 1 rings (SSSR count). The maximum atomic E-state index is 11.7. The highest BCUT2D eigenvalue weighted by Gasteiger charge is 2.21. The van der Waals surface area contributed by atoms with Crippen molar-refractivity contribution >= 4 is 0 Å². The van der Waals surface area contributed by atoms with E-state index < -0.39 is 6.67 Å². The van der Waals surface area contributed by atoms with E-state index in [2.05, 4.69) is 0 Å². The Labute approximate surface area is 47.6 Å². The molecule has 0 bridgehead atoms. The number of halogens is 1. The molecule has 0 spiro atoms. The van der Waals surface area contributed by atoms with Crippen molar-refractivity contribution in [2.75, 3.05) is 13.3 Å². The zero-order valence-electron chi connectivity index (χ0n) is 4.76. The van der Waals surface area contributed by atoms with Crippen LogP contribution >= 0.6 is 0 Å². The van der Waals surface area contributed by atoms with Gasteiger partial charge in [0.2, 0.25) is 0 Å². The quantitative estimate of drug-likeness (QED) is 0.507. The predicted octanol–water partition coefficient (Wildman–Crippen LogP) is 0.717. The zero-order valence-corrected chi connectivity index (χ0v) is 4.76. The van der Waals surface area contributed by atoms with E-state index in [9.17, 15) is 4.39 Å². The van der Waals surface area contributed by atoms with Crippen LogP contribution in [-0.4, -0.2) is 25.7 Å². The van der Waals surface area contributed by atoms with Crippen molar-refractivity contribution in [2.24, 2.45) is 0 Å². The van der Waals surface area contributed by atoms with Crippen molar-refractivity contribution in [2.45, 2.75) is 19.3 Å². The fraction of sp³-hybridized carbons (Fsp3) is 1.00. The van der Waals surface area contributed by atoms with Crippen molar-refractivity contribution in [1.29, 1.82) is 0 Å². The van der Waals surface area contributed by atoms with Crippen LogP contribution in [0.1, 0.15) is 6.92 Å². The second kappa shape index (κ2) is 2.42. The van der Waals surface area contributed by atoms with E-state index in [0.717, 1.165) is 0 Å². The van der Waals surface area contributed by atoms with Crippen LogP contribution in [0.4, 0.5) is 4.39 Å². The highest BCUT2D eigenvalue weighted by Crippen LogP contribution is 2.09. The molecule has 0 N–H and O–H groups in total. The number of alkyl halides is 1. The average Bonchev–Trinajstić information content (AvgIpc) is 2.14. The molecule has 0 aromatic heterocycles. The molecule has 8 heavy (non-hydrogen) atoms. The molecule has 0 amide bonds. The minimum absolute atomic E-state index is 0.212. The van der Waals surface area contributed by atoms with E-state index in [4.69, 9.17) is 9.47 Å². The van der Waals surface area contributed by atoms with E-state index in [1.165, 1.54) is 0 Å². The third-order valence-corrected chi connectivity index (χ3v) is 1.07. The summed E-state index contributed by atoms with van der Waals surface area (Å²) in [5.74, 6) is 0. The summed E-state index contributed by atoms with van der Waals surface area (Å²) >= 11 is 0. The number of hydrogen-bond acceptors (Lipinski definition) is 2. The van der Waals surface area contributed by atoms with Gasteiger partial charge in [-0.3, -0.25) is 0 Å². The number of ether oxygens (including phenoxy) is 2. The van der Waals surface area contributed by atoms with Crippen molar-refractivity contribution in [3.05, 3.63) is 0 Å². The van der Waals surface area contributed by atoms with Crippen LogP contribution in [-0.2, 0) is 9.47 Å². The lowest BCUT2D eigenvalue weighted by atomic mass is 10.4. The summed E-state index contributed by atoms with van der Waals surface area (Å²) in [6, 6.07) is 0. The Morgan fingerprint density at radius 3 is 2.75 bits per heavy atom. The molecule has 0 radical (unpaired) electrons. The van der Waals surface area contributed by atoms with Crippen molar-refractivity contribution < 1.29 is 13.9 Å². The van der Waals surface area contributed by atoms with Crippen molar-refractivity contribution in [1.82, 2.24) is 0 Å². The van der Waals surface area contributed by atoms with Gasteiger partial charge >= 0.3 is 0 Å². The van der Waals surface area contributed by atoms with Crippen molar-refractivity contribution in [3.63, 3.8) is 0 Å². The molecule has 0 unspecified atom stereocenters. The molecule has 0 aromatic rings. The van der Waals surface area contributed by atoms with Gasteiger partial charge in [0.1, 0.15) is 12.8 Å². The summed E-state index contributed by atoms with van der Waals surface area (Å²) in [4.78, 5) is 0. The summed E-state index contributed by atoms with van der Waals surface area (Å²) in [5, 5.41) is 0. The van der Waals surface area contributed by atoms with Gasteiger partial charge < -0.3 is 9.47 Å². The fourth-order valence-corrected chi connectivity index (χ4v) is 0.673. The topological polar surface area (TPSA) is 18.5 Å². The Hall–Kier alpha value is -0.150. The molecule has 1 aliphatic heterocycles. The van der Waals surface area contributed by atoms with Crippen LogP contribution < -0.4 is 0 Å². The SMILES string of the molecule is C[C@@H]1OC[C@H](CF)O1. The average molecular weight is 120 g/mol. The third-order valence-electron chi connectivity index (χ3n) is 1.07. The van der Waals surface area contributed by atoms with Crippen LogP contribution in [0.2, 0.25) is 0 Å². The van der Waals surface area contributed by atoms with Crippen LogP contribution in [0.5, 0.6) is 0 Å². The van der Waals surface area contributed by atoms with Crippen LogP contribution in [0, 0.1) is 0 Å². The van der Waals surface area contributed by atoms with Crippen LogP contribution in [0.25, 0.3) is 0 Å². The Morgan fingerprint density at radius 1 is 1.75 bits per heavy atom. The number of hydrogen-bond donors (Lipinski definition) is 0. The lowest BCUT2D eigenvalue weighted by Crippen LogP contribution is -2.12. The lowest BCUT2D eigenvalue weighted by molar-refractivity contribution is -0.0453. The predicted molar refractivity (Wildman–Crippen MR) is 26.3 cm³/mol. The summed E-state index contributed by atoms with van der Waals surface area (Å²) in [7, 11) is 0. The van der Waals surface area contributed by atoms with E-state index in [1.807, 2.05) is 0 Å². The summed E-state index contributed by atoms with van der Waals surface area (Å²) < 4.78 is 21.5. The Bertz CT molecular complexity index is 76.8. The highest BCUT2D eigenvalue weighted by atomic mass is 19.1.